The fraction of sp³-hybridized carbons (Fsp3) is 0.462. The Morgan fingerprint density at radius 2 is 2.26 bits per heavy atom. The lowest BCUT2D eigenvalue weighted by Gasteiger charge is -2.15. The van der Waals surface area contributed by atoms with E-state index in [4.69, 9.17) is 4.52 Å². The summed E-state index contributed by atoms with van der Waals surface area (Å²) in [6, 6.07) is 3.95. The first-order chi connectivity index (χ1) is 9.29. The second-order valence-electron chi connectivity index (χ2n) is 5.21. The second-order valence-corrected chi connectivity index (χ2v) is 5.21. The van der Waals surface area contributed by atoms with E-state index in [1.54, 1.807) is 6.07 Å². The Bertz CT molecular complexity index is 597. The van der Waals surface area contributed by atoms with Crippen molar-refractivity contribution in [1.29, 1.82) is 0 Å². The van der Waals surface area contributed by atoms with E-state index < -0.39 is 0 Å². The normalized spacial score (nSPS) is 29.0. The molecule has 4 heterocycles. The van der Waals surface area contributed by atoms with Gasteiger partial charge in [0, 0.05) is 12.1 Å². The summed E-state index contributed by atoms with van der Waals surface area (Å²) in [7, 11) is 0. The Morgan fingerprint density at radius 3 is 2.95 bits per heavy atom. The first-order valence-corrected chi connectivity index (χ1v) is 6.51. The van der Waals surface area contributed by atoms with Crippen molar-refractivity contribution in [2.75, 3.05) is 0 Å². The highest BCUT2D eigenvalue weighted by atomic mass is 19.1. The van der Waals surface area contributed by atoms with E-state index in [0.29, 0.717) is 35.4 Å². The van der Waals surface area contributed by atoms with Crippen LogP contribution in [0, 0.1) is 5.82 Å². The summed E-state index contributed by atoms with van der Waals surface area (Å²) in [5, 5.41) is 7.49. The molecule has 2 fully saturated rings. The van der Waals surface area contributed by atoms with Gasteiger partial charge < -0.3 is 9.84 Å². The molecule has 0 aromatic carbocycles. The topological polar surface area (TPSA) is 63.8 Å². The minimum absolute atomic E-state index is 0.306. The van der Waals surface area contributed by atoms with Gasteiger partial charge >= 0.3 is 0 Å². The van der Waals surface area contributed by atoms with Crippen LogP contribution < -0.4 is 5.32 Å². The Kier molecular flexibility index (Phi) is 2.38. The number of halogens is 1. The molecule has 4 rings (SSSR count). The van der Waals surface area contributed by atoms with Crippen molar-refractivity contribution in [3.63, 3.8) is 0 Å². The molecule has 3 atom stereocenters. The predicted molar refractivity (Wildman–Crippen MR) is 64.8 cm³/mol. The molecule has 0 spiro atoms. The summed E-state index contributed by atoms with van der Waals surface area (Å²) in [5.41, 5.74) is 0.535. The van der Waals surface area contributed by atoms with E-state index in [2.05, 4.69) is 20.4 Å². The SMILES string of the molecule is Fc1ccc(-c2noc(C3CC4CCC3N4)n2)nc1. The van der Waals surface area contributed by atoms with Crippen LogP contribution in [-0.4, -0.2) is 27.2 Å². The Balaban J connectivity index is 1.61. The van der Waals surface area contributed by atoms with Crippen molar-refractivity contribution in [3.05, 3.63) is 30.0 Å². The molecule has 1 N–H and O–H groups in total. The Hall–Kier alpha value is -1.82. The van der Waals surface area contributed by atoms with Gasteiger partial charge in [-0.2, -0.15) is 4.98 Å². The molecular weight excluding hydrogens is 247 g/mol. The highest BCUT2D eigenvalue weighted by Gasteiger charge is 2.42. The monoisotopic (exact) mass is 260 g/mol. The van der Waals surface area contributed by atoms with Crippen LogP contribution in [0.5, 0.6) is 0 Å². The quantitative estimate of drug-likeness (QED) is 0.893. The van der Waals surface area contributed by atoms with E-state index in [-0.39, 0.29) is 5.82 Å². The van der Waals surface area contributed by atoms with Crippen molar-refractivity contribution >= 4 is 0 Å². The van der Waals surface area contributed by atoms with Crippen molar-refractivity contribution < 1.29 is 8.91 Å². The summed E-state index contributed by atoms with van der Waals surface area (Å²) in [6.45, 7) is 0. The van der Waals surface area contributed by atoms with Crippen molar-refractivity contribution in [3.8, 4) is 11.5 Å². The lowest BCUT2D eigenvalue weighted by atomic mass is 9.89. The van der Waals surface area contributed by atoms with Crippen LogP contribution in [0.15, 0.2) is 22.9 Å². The molecule has 6 heteroatoms. The van der Waals surface area contributed by atoms with Crippen molar-refractivity contribution in [2.45, 2.75) is 37.3 Å². The van der Waals surface area contributed by atoms with Gasteiger partial charge in [0.15, 0.2) is 0 Å². The number of aromatic nitrogens is 3. The zero-order valence-electron chi connectivity index (χ0n) is 10.2. The lowest BCUT2D eigenvalue weighted by molar-refractivity contribution is 0.329. The number of nitrogens with one attached hydrogen (secondary N) is 1. The number of rotatable bonds is 2. The van der Waals surface area contributed by atoms with Crippen LogP contribution in [0.2, 0.25) is 0 Å². The molecule has 0 aliphatic carbocycles. The standard InChI is InChI=1S/C13H13FN4O/c14-7-1-3-11(15-6-7)12-17-13(19-18-12)9-5-8-2-4-10(9)16-8/h1,3,6,8-10,16H,2,4-5H2. The first-order valence-electron chi connectivity index (χ1n) is 6.51. The molecule has 3 unspecified atom stereocenters. The summed E-state index contributed by atoms with van der Waals surface area (Å²) < 4.78 is 18.2. The van der Waals surface area contributed by atoms with Gasteiger partial charge in [0.2, 0.25) is 11.7 Å². The van der Waals surface area contributed by atoms with Crippen LogP contribution in [0.25, 0.3) is 11.5 Å². The van der Waals surface area contributed by atoms with E-state index in [0.717, 1.165) is 12.6 Å². The second kappa shape index (κ2) is 4.09. The van der Waals surface area contributed by atoms with Gasteiger partial charge in [0.25, 0.3) is 0 Å². The van der Waals surface area contributed by atoms with Crippen LogP contribution in [0.4, 0.5) is 4.39 Å². The van der Waals surface area contributed by atoms with Gasteiger partial charge in [0.05, 0.1) is 12.1 Å². The van der Waals surface area contributed by atoms with E-state index >= 15 is 0 Å². The third-order valence-electron chi connectivity index (χ3n) is 4.02. The largest absolute Gasteiger partial charge is 0.339 e. The molecule has 2 aromatic heterocycles. The number of pyridine rings is 1. The maximum Gasteiger partial charge on any atom is 0.231 e. The van der Waals surface area contributed by atoms with Crippen molar-refractivity contribution in [2.24, 2.45) is 0 Å². The third-order valence-corrected chi connectivity index (χ3v) is 4.02. The molecule has 2 aromatic rings. The number of hydrogen-bond donors (Lipinski definition) is 1. The zero-order valence-corrected chi connectivity index (χ0v) is 10.2. The summed E-state index contributed by atoms with van der Waals surface area (Å²) in [5.74, 6) is 1.03. The fourth-order valence-electron chi connectivity index (χ4n) is 3.10. The number of nitrogens with zero attached hydrogens (tertiary/aromatic N) is 3. The molecule has 98 valence electrons. The molecule has 2 bridgehead atoms. The lowest BCUT2D eigenvalue weighted by Crippen LogP contribution is -2.21. The maximum absolute atomic E-state index is 12.8. The molecule has 0 saturated carbocycles. The van der Waals surface area contributed by atoms with Crippen molar-refractivity contribution in [1.82, 2.24) is 20.4 Å². The molecule has 2 aliphatic rings. The van der Waals surface area contributed by atoms with Gasteiger partial charge in [-0.25, -0.2) is 9.37 Å². The van der Waals surface area contributed by atoms with Gasteiger partial charge in [0.1, 0.15) is 11.5 Å². The number of fused-ring (bicyclic) bond motifs is 2. The average Bonchev–Trinajstić information content (AvgIpc) is 3.15. The van der Waals surface area contributed by atoms with E-state index in [1.807, 2.05) is 0 Å². The molecular formula is C13H13FN4O. The molecule has 2 saturated heterocycles. The van der Waals surface area contributed by atoms with Gasteiger partial charge in [-0.15, -0.1) is 0 Å². The predicted octanol–water partition coefficient (Wildman–Crippen LogP) is 1.88. The maximum atomic E-state index is 12.8. The van der Waals surface area contributed by atoms with Gasteiger partial charge in [-0.1, -0.05) is 5.16 Å². The molecule has 19 heavy (non-hydrogen) atoms. The molecule has 0 radical (unpaired) electrons. The first kappa shape index (κ1) is 11.0. The summed E-state index contributed by atoms with van der Waals surface area (Å²) in [4.78, 5) is 8.37. The highest BCUT2D eigenvalue weighted by molar-refractivity contribution is 5.47. The average molecular weight is 260 g/mol. The summed E-state index contributed by atoms with van der Waals surface area (Å²) in [6.07, 6.45) is 4.62. The van der Waals surface area contributed by atoms with Gasteiger partial charge in [-0.3, -0.25) is 0 Å². The Labute approximate surface area is 109 Å². The van der Waals surface area contributed by atoms with E-state index in [1.165, 1.54) is 18.9 Å². The minimum atomic E-state index is -0.371. The number of hydrogen-bond acceptors (Lipinski definition) is 5. The molecule has 5 nitrogen and oxygen atoms in total. The highest BCUT2D eigenvalue weighted by Crippen LogP contribution is 2.39. The van der Waals surface area contributed by atoms with Crippen LogP contribution in [0.1, 0.15) is 31.1 Å². The fourth-order valence-corrected chi connectivity index (χ4v) is 3.10. The van der Waals surface area contributed by atoms with Crippen LogP contribution in [0.3, 0.4) is 0 Å². The Morgan fingerprint density at radius 1 is 1.32 bits per heavy atom. The molecule has 0 amide bonds. The van der Waals surface area contributed by atoms with Gasteiger partial charge in [-0.05, 0) is 31.4 Å². The van der Waals surface area contributed by atoms with Crippen LogP contribution >= 0.6 is 0 Å². The summed E-state index contributed by atoms with van der Waals surface area (Å²) >= 11 is 0. The minimum Gasteiger partial charge on any atom is -0.339 e. The van der Waals surface area contributed by atoms with E-state index in [9.17, 15) is 4.39 Å². The third kappa shape index (κ3) is 1.83. The van der Waals surface area contributed by atoms with Crippen LogP contribution in [-0.2, 0) is 0 Å². The smallest absolute Gasteiger partial charge is 0.231 e. The zero-order chi connectivity index (χ0) is 12.8. The molecule has 2 aliphatic heterocycles.